The number of hydrogen-bond donors (Lipinski definition) is 2. The number of halogens is 1. The summed E-state index contributed by atoms with van der Waals surface area (Å²) in [7, 11) is -3.76. The quantitative estimate of drug-likeness (QED) is 0.611. The number of aromatic hydroxyl groups is 1. The molecule has 1 atom stereocenters. The van der Waals surface area contributed by atoms with Crippen molar-refractivity contribution in [1.29, 1.82) is 0 Å². The summed E-state index contributed by atoms with van der Waals surface area (Å²) < 4.78 is 26.8. The summed E-state index contributed by atoms with van der Waals surface area (Å²) in [6.07, 6.45) is -0.00343. The van der Waals surface area contributed by atoms with Crippen molar-refractivity contribution in [2.75, 3.05) is 29.9 Å². The van der Waals surface area contributed by atoms with Crippen molar-refractivity contribution >= 4 is 44.8 Å². The van der Waals surface area contributed by atoms with Crippen molar-refractivity contribution in [2.45, 2.75) is 25.2 Å². The van der Waals surface area contributed by atoms with E-state index >= 15 is 0 Å². The molecular formula is C21H24ClN3O5S. The van der Waals surface area contributed by atoms with E-state index in [2.05, 4.69) is 5.32 Å². The third kappa shape index (κ3) is 4.84. The third-order valence-electron chi connectivity index (χ3n) is 5.18. The summed E-state index contributed by atoms with van der Waals surface area (Å²) in [5.41, 5.74) is 0.579. The van der Waals surface area contributed by atoms with Crippen molar-refractivity contribution in [2.24, 2.45) is 5.92 Å². The first kappa shape index (κ1) is 23.1. The first-order valence-electron chi connectivity index (χ1n) is 9.87. The van der Waals surface area contributed by atoms with Gasteiger partial charge in [0, 0.05) is 36.8 Å². The Hall–Kier alpha value is -2.62. The molecule has 0 aliphatic carbocycles. The average Bonchev–Trinajstić information content (AvgIpc) is 3.12. The van der Waals surface area contributed by atoms with Crippen LogP contribution in [0.25, 0.3) is 0 Å². The van der Waals surface area contributed by atoms with Crippen LogP contribution in [0.15, 0.2) is 47.4 Å². The van der Waals surface area contributed by atoms with Crippen LogP contribution in [0.1, 0.15) is 20.3 Å². The summed E-state index contributed by atoms with van der Waals surface area (Å²) in [6.45, 7) is 4.21. The van der Waals surface area contributed by atoms with Gasteiger partial charge in [0.2, 0.25) is 21.8 Å². The molecule has 2 N–H and O–H groups in total. The smallest absolute Gasteiger partial charge is 0.243 e. The van der Waals surface area contributed by atoms with E-state index in [0.717, 1.165) is 0 Å². The number of amides is 2. The fraction of sp³-hybridized carbons (Fsp3) is 0.333. The van der Waals surface area contributed by atoms with Gasteiger partial charge in [-0.3, -0.25) is 9.59 Å². The van der Waals surface area contributed by atoms with E-state index in [1.165, 1.54) is 27.4 Å². The summed E-state index contributed by atoms with van der Waals surface area (Å²) in [5, 5.41) is 13.2. The third-order valence-corrected chi connectivity index (χ3v) is 7.47. The van der Waals surface area contributed by atoms with Gasteiger partial charge in [-0.05, 0) is 36.4 Å². The lowest BCUT2D eigenvalue weighted by molar-refractivity contribution is -0.122. The Labute approximate surface area is 186 Å². The van der Waals surface area contributed by atoms with Crippen LogP contribution in [-0.4, -0.2) is 49.3 Å². The number of carbonyl (C=O) groups is 2. The number of phenols is 1. The molecular weight excluding hydrogens is 442 g/mol. The van der Waals surface area contributed by atoms with Crippen molar-refractivity contribution < 1.29 is 23.1 Å². The molecule has 0 aromatic heterocycles. The molecule has 1 unspecified atom stereocenters. The Morgan fingerprint density at radius 3 is 2.58 bits per heavy atom. The van der Waals surface area contributed by atoms with E-state index in [9.17, 15) is 23.1 Å². The lowest BCUT2D eigenvalue weighted by Crippen LogP contribution is -2.31. The van der Waals surface area contributed by atoms with Crippen LogP contribution in [0, 0.1) is 5.92 Å². The molecule has 1 aliphatic rings. The summed E-state index contributed by atoms with van der Waals surface area (Å²) in [5.74, 6) is -1.62. The maximum absolute atomic E-state index is 12.8. The zero-order valence-corrected chi connectivity index (χ0v) is 18.8. The molecule has 1 aliphatic heterocycles. The van der Waals surface area contributed by atoms with E-state index in [1.807, 2.05) is 0 Å². The van der Waals surface area contributed by atoms with E-state index in [4.69, 9.17) is 11.6 Å². The van der Waals surface area contributed by atoms with Crippen LogP contribution in [0.3, 0.4) is 0 Å². The van der Waals surface area contributed by atoms with Crippen molar-refractivity contribution in [3.63, 3.8) is 0 Å². The largest absolute Gasteiger partial charge is 0.506 e. The predicted octanol–water partition coefficient (Wildman–Crippen LogP) is 3.07. The zero-order valence-electron chi connectivity index (χ0n) is 17.2. The SMILES string of the molecule is CCN(CC)S(=O)(=O)c1ccc(O)c(NC(=O)C2CC(=O)N(c3cccc(Cl)c3)C2)c1. The maximum atomic E-state index is 12.8. The molecule has 10 heteroatoms. The highest BCUT2D eigenvalue weighted by molar-refractivity contribution is 7.89. The molecule has 1 heterocycles. The monoisotopic (exact) mass is 465 g/mol. The summed E-state index contributed by atoms with van der Waals surface area (Å²) >= 11 is 5.99. The highest BCUT2D eigenvalue weighted by atomic mass is 35.5. The molecule has 2 aromatic rings. The fourth-order valence-corrected chi connectivity index (χ4v) is 5.17. The van der Waals surface area contributed by atoms with Gasteiger partial charge in [-0.2, -0.15) is 4.31 Å². The van der Waals surface area contributed by atoms with Gasteiger partial charge < -0.3 is 15.3 Å². The average molecular weight is 466 g/mol. The summed E-state index contributed by atoms with van der Waals surface area (Å²) in [6, 6.07) is 10.5. The minimum absolute atomic E-state index is 0.00343. The van der Waals surface area contributed by atoms with Gasteiger partial charge in [-0.25, -0.2) is 8.42 Å². The van der Waals surface area contributed by atoms with E-state index in [1.54, 1.807) is 38.1 Å². The van der Waals surface area contributed by atoms with Crippen molar-refractivity contribution in [3.05, 3.63) is 47.5 Å². The first-order valence-corrected chi connectivity index (χ1v) is 11.7. The Morgan fingerprint density at radius 1 is 1.23 bits per heavy atom. The molecule has 0 saturated carbocycles. The molecule has 31 heavy (non-hydrogen) atoms. The zero-order chi connectivity index (χ0) is 22.8. The number of nitrogens with zero attached hydrogens (tertiary/aromatic N) is 2. The Bertz CT molecular complexity index is 1100. The van der Waals surface area contributed by atoms with Gasteiger partial charge in [0.15, 0.2) is 0 Å². The molecule has 0 spiro atoms. The maximum Gasteiger partial charge on any atom is 0.243 e. The van der Waals surface area contributed by atoms with Gasteiger partial charge in [0.1, 0.15) is 5.75 Å². The number of carbonyl (C=O) groups excluding carboxylic acids is 2. The van der Waals surface area contributed by atoms with Crippen molar-refractivity contribution in [1.82, 2.24) is 4.31 Å². The first-order chi connectivity index (χ1) is 14.7. The molecule has 0 radical (unpaired) electrons. The topological polar surface area (TPSA) is 107 Å². The standard InChI is InChI=1S/C21H24ClN3O5S/c1-3-24(4-2)31(29,30)17-8-9-19(26)18(12-17)23-21(28)14-10-20(27)25(13-14)16-7-5-6-15(22)11-16/h5-9,11-12,14,26H,3-4,10,13H2,1-2H3,(H,23,28). The second-order valence-electron chi connectivity index (χ2n) is 7.14. The van der Waals surface area contributed by atoms with Gasteiger partial charge in [0.05, 0.1) is 16.5 Å². The van der Waals surface area contributed by atoms with Crippen LogP contribution in [0.2, 0.25) is 5.02 Å². The molecule has 0 bridgehead atoms. The lowest BCUT2D eigenvalue weighted by atomic mass is 10.1. The van der Waals surface area contributed by atoms with Gasteiger partial charge in [-0.15, -0.1) is 0 Å². The Kier molecular flexibility index (Phi) is 6.88. The van der Waals surface area contributed by atoms with E-state index in [0.29, 0.717) is 23.8 Å². The number of benzene rings is 2. The number of nitrogens with one attached hydrogen (secondary N) is 1. The number of rotatable bonds is 7. The summed E-state index contributed by atoms with van der Waals surface area (Å²) in [4.78, 5) is 26.6. The highest BCUT2D eigenvalue weighted by Crippen LogP contribution is 2.31. The van der Waals surface area contributed by atoms with Crippen LogP contribution in [0.4, 0.5) is 11.4 Å². The van der Waals surface area contributed by atoms with Gasteiger partial charge >= 0.3 is 0 Å². The van der Waals surface area contributed by atoms with E-state index in [-0.39, 0.29) is 35.2 Å². The predicted molar refractivity (Wildman–Crippen MR) is 119 cm³/mol. The Morgan fingerprint density at radius 2 is 1.94 bits per heavy atom. The minimum atomic E-state index is -3.76. The number of sulfonamides is 1. The molecule has 1 saturated heterocycles. The number of anilines is 2. The molecule has 2 amide bonds. The minimum Gasteiger partial charge on any atom is -0.506 e. The van der Waals surface area contributed by atoms with Gasteiger partial charge in [-0.1, -0.05) is 31.5 Å². The normalized spacial score (nSPS) is 16.7. The highest BCUT2D eigenvalue weighted by Gasteiger charge is 2.35. The second kappa shape index (κ2) is 9.25. The van der Waals surface area contributed by atoms with Crippen molar-refractivity contribution in [3.8, 4) is 5.75 Å². The molecule has 8 nitrogen and oxygen atoms in total. The number of phenolic OH excluding ortho intramolecular Hbond substituents is 1. The molecule has 1 fully saturated rings. The molecule has 166 valence electrons. The van der Waals surface area contributed by atoms with Gasteiger partial charge in [0.25, 0.3) is 0 Å². The van der Waals surface area contributed by atoms with E-state index < -0.39 is 21.8 Å². The van der Waals surface area contributed by atoms with Crippen LogP contribution >= 0.6 is 11.6 Å². The molecule has 3 rings (SSSR count). The Balaban J connectivity index is 1.79. The van der Waals surface area contributed by atoms with Crippen LogP contribution in [0.5, 0.6) is 5.75 Å². The molecule has 2 aromatic carbocycles. The van der Waals surface area contributed by atoms with Crippen LogP contribution in [-0.2, 0) is 19.6 Å². The second-order valence-corrected chi connectivity index (χ2v) is 9.52. The lowest BCUT2D eigenvalue weighted by Gasteiger charge is -2.19. The number of hydrogen-bond acceptors (Lipinski definition) is 5. The fourth-order valence-electron chi connectivity index (χ4n) is 3.50. The van der Waals surface area contributed by atoms with Crippen LogP contribution < -0.4 is 10.2 Å².